The largest absolute Gasteiger partial charge is 0.484 e. The Bertz CT molecular complexity index is 785. The van der Waals surface area contributed by atoms with Gasteiger partial charge in [-0.2, -0.15) is 4.80 Å². The molecule has 23 heavy (non-hydrogen) atoms. The first-order chi connectivity index (χ1) is 11.2. The molecule has 0 saturated heterocycles. The van der Waals surface area contributed by atoms with Gasteiger partial charge in [0.1, 0.15) is 11.6 Å². The average molecular weight is 310 g/mol. The zero-order chi connectivity index (χ0) is 16.1. The highest BCUT2D eigenvalue weighted by molar-refractivity contribution is 5.90. The van der Waals surface area contributed by atoms with Gasteiger partial charge in [0.25, 0.3) is 5.91 Å². The molecule has 0 atom stereocenters. The monoisotopic (exact) mass is 310 g/mol. The number of rotatable bonds is 5. The molecule has 8 nitrogen and oxygen atoms in total. The van der Waals surface area contributed by atoms with Crippen LogP contribution >= 0.6 is 0 Å². The highest BCUT2D eigenvalue weighted by atomic mass is 16.5. The molecule has 0 spiro atoms. The van der Waals surface area contributed by atoms with Crippen molar-refractivity contribution >= 4 is 11.7 Å². The molecule has 0 bridgehead atoms. The number of benzene rings is 1. The molecule has 1 amide bonds. The van der Waals surface area contributed by atoms with Gasteiger partial charge >= 0.3 is 0 Å². The lowest BCUT2D eigenvalue weighted by Gasteiger charge is -2.07. The maximum Gasteiger partial charge on any atom is 0.263 e. The summed E-state index contributed by atoms with van der Waals surface area (Å²) in [6.45, 7) is -0.0979. The van der Waals surface area contributed by atoms with E-state index in [1.54, 1.807) is 43.6 Å². The molecule has 1 aromatic carbocycles. The zero-order valence-electron chi connectivity index (χ0n) is 12.4. The van der Waals surface area contributed by atoms with Crippen LogP contribution in [0.15, 0.2) is 48.7 Å². The predicted octanol–water partition coefficient (Wildman–Crippen LogP) is 1.29. The fourth-order valence-corrected chi connectivity index (χ4v) is 1.86. The Morgan fingerprint density at radius 2 is 2.04 bits per heavy atom. The summed E-state index contributed by atoms with van der Waals surface area (Å²) < 4.78 is 5.43. The molecular formula is C15H14N6O2. The summed E-state index contributed by atoms with van der Waals surface area (Å²) >= 11 is 0. The van der Waals surface area contributed by atoms with Crippen molar-refractivity contribution in [2.24, 2.45) is 7.05 Å². The first kappa shape index (κ1) is 14.6. The molecular weight excluding hydrogens is 296 g/mol. The van der Waals surface area contributed by atoms with Crippen LogP contribution in [0.25, 0.3) is 11.4 Å². The van der Waals surface area contributed by atoms with Gasteiger partial charge in [-0.1, -0.05) is 6.07 Å². The Morgan fingerprint density at radius 3 is 2.70 bits per heavy atom. The van der Waals surface area contributed by atoms with Gasteiger partial charge in [-0.25, -0.2) is 4.98 Å². The lowest BCUT2D eigenvalue weighted by molar-refractivity contribution is -0.118. The summed E-state index contributed by atoms with van der Waals surface area (Å²) in [5, 5.41) is 14.5. The number of hydrogen-bond donors (Lipinski definition) is 1. The number of nitrogens with one attached hydrogen (secondary N) is 1. The molecule has 0 aliphatic carbocycles. The van der Waals surface area contributed by atoms with E-state index in [9.17, 15) is 4.79 Å². The summed E-state index contributed by atoms with van der Waals surface area (Å²) in [4.78, 5) is 17.2. The molecule has 0 aliphatic heterocycles. The second kappa shape index (κ2) is 6.65. The minimum absolute atomic E-state index is 0.0979. The van der Waals surface area contributed by atoms with Crippen LogP contribution in [-0.4, -0.2) is 37.7 Å². The van der Waals surface area contributed by atoms with Crippen LogP contribution in [0.1, 0.15) is 0 Å². The number of nitrogens with zero attached hydrogens (tertiary/aromatic N) is 5. The Hall–Kier alpha value is -3.29. The molecule has 116 valence electrons. The Labute approximate surface area is 132 Å². The van der Waals surface area contributed by atoms with Crippen molar-refractivity contribution in [2.45, 2.75) is 0 Å². The molecule has 0 saturated carbocycles. The van der Waals surface area contributed by atoms with E-state index in [0.29, 0.717) is 17.4 Å². The lowest BCUT2D eigenvalue weighted by atomic mass is 10.2. The van der Waals surface area contributed by atoms with Crippen LogP contribution < -0.4 is 10.1 Å². The van der Waals surface area contributed by atoms with Crippen molar-refractivity contribution in [1.82, 2.24) is 25.2 Å². The van der Waals surface area contributed by atoms with Gasteiger partial charge in [-0.05, 0) is 41.6 Å². The van der Waals surface area contributed by atoms with E-state index in [1.807, 2.05) is 12.1 Å². The van der Waals surface area contributed by atoms with Crippen LogP contribution in [0.5, 0.6) is 5.75 Å². The quantitative estimate of drug-likeness (QED) is 0.763. The third-order valence-electron chi connectivity index (χ3n) is 2.92. The fraction of sp³-hybridized carbons (Fsp3) is 0.133. The van der Waals surface area contributed by atoms with Crippen LogP contribution in [-0.2, 0) is 11.8 Å². The SMILES string of the molecule is Cn1nnc(-c2ccc(OCC(=O)Nc3ccccn3)cc2)n1. The zero-order valence-corrected chi connectivity index (χ0v) is 12.4. The molecule has 0 unspecified atom stereocenters. The van der Waals surface area contributed by atoms with Gasteiger partial charge in [0.2, 0.25) is 5.82 Å². The number of aromatic nitrogens is 5. The second-order valence-corrected chi connectivity index (χ2v) is 4.68. The molecule has 0 fully saturated rings. The number of pyridine rings is 1. The fourth-order valence-electron chi connectivity index (χ4n) is 1.86. The van der Waals surface area contributed by atoms with Crippen molar-refractivity contribution in [3.8, 4) is 17.1 Å². The average Bonchev–Trinajstić information content (AvgIpc) is 3.01. The van der Waals surface area contributed by atoms with E-state index in [1.165, 1.54) is 4.80 Å². The maximum absolute atomic E-state index is 11.8. The van der Waals surface area contributed by atoms with Gasteiger partial charge in [-0.3, -0.25) is 4.79 Å². The van der Waals surface area contributed by atoms with Crippen LogP contribution in [0.2, 0.25) is 0 Å². The van der Waals surface area contributed by atoms with Crippen LogP contribution in [0.3, 0.4) is 0 Å². The Balaban J connectivity index is 1.55. The van der Waals surface area contributed by atoms with E-state index in [-0.39, 0.29) is 12.5 Å². The number of amides is 1. The van der Waals surface area contributed by atoms with E-state index < -0.39 is 0 Å². The smallest absolute Gasteiger partial charge is 0.263 e. The van der Waals surface area contributed by atoms with Crippen molar-refractivity contribution in [3.05, 3.63) is 48.7 Å². The van der Waals surface area contributed by atoms with E-state index in [0.717, 1.165) is 5.56 Å². The van der Waals surface area contributed by atoms with Crippen molar-refractivity contribution in [3.63, 3.8) is 0 Å². The summed E-state index contributed by atoms with van der Waals surface area (Å²) in [5.74, 6) is 1.33. The van der Waals surface area contributed by atoms with Gasteiger partial charge in [0, 0.05) is 11.8 Å². The molecule has 0 radical (unpaired) electrons. The van der Waals surface area contributed by atoms with Crippen molar-refractivity contribution in [2.75, 3.05) is 11.9 Å². The number of anilines is 1. The molecule has 3 rings (SSSR count). The molecule has 0 aliphatic rings. The first-order valence-corrected chi connectivity index (χ1v) is 6.89. The second-order valence-electron chi connectivity index (χ2n) is 4.68. The summed E-state index contributed by atoms with van der Waals surface area (Å²) in [6.07, 6.45) is 1.61. The molecule has 8 heteroatoms. The minimum Gasteiger partial charge on any atom is -0.484 e. The number of tetrazole rings is 1. The highest BCUT2D eigenvalue weighted by Crippen LogP contribution is 2.18. The topological polar surface area (TPSA) is 94.8 Å². The number of aryl methyl sites for hydroxylation is 1. The number of ether oxygens (including phenoxy) is 1. The van der Waals surface area contributed by atoms with Crippen LogP contribution in [0, 0.1) is 0 Å². The van der Waals surface area contributed by atoms with Crippen molar-refractivity contribution in [1.29, 1.82) is 0 Å². The van der Waals surface area contributed by atoms with Gasteiger partial charge < -0.3 is 10.1 Å². The number of carbonyl (C=O) groups excluding carboxylic acids is 1. The third kappa shape index (κ3) is 3.88. The summed E-state index contributed by atoms with van der Waals surface area (Å²) in [7, 11) is 1.70. The normalized spacial score (nSPS) is 10.3. The van der Waals surface area contributed by atoms with Crippen molar-refractivity contribution < 1.29 is 9.53 Å². The van der Waals surface area contributed by atoms with E-state index in [2.05, 4.69) is 25.7 Å². The Morgan fingerprint density at radius 1 is 1.22 bits per heavy atom. The molecule has 2 aromatic heterocycles. The van der Waals surface area contributed by atoms with Crippen LogP contribution in [0.4, 0.5) is 5.82 Å². The maximum atomic E-state index is 11.8. The lowest BCUT2D eigenvalue weighted by Crippen LogP contribution is -2.20. The molecule has 3 aromatic rings. The number of hydrogen-bond acceptors (Lipinski definition) is 6. The first-order valence-electron chi connectivity index (χ1n) is 6.89. The predicted molar refractivity (Wildman–Crippen MR) is 82.6 cm³/mol. The van der Waals surface area contributed by atoms with E-state index in [4.69, 9.17) is 4.74 Å². The summed E-state index contributed by atoms with van der Waals surface area (Å²) in [6, 6.07) is 12.4. The van der Waals surface area contributed by atoms with Gasteiger partial charge in [-0.15, -0.1) is 10.2 Å². The minimum atomic E-state index is -0.275. The number of carbonyl (C=O) groups is 1. The summed E-state index contributed by atoms with van der Waals surface area (Å²) in [5.41, 5.74) is 0.823. The van der Waals surface area contributed by atoms with Gasteiger partial charge in [0.15, 0.2) is 6.61 Å². The third-order valence-corrected chi connectivity index (χ3v) is 2.92. The molecule has 1 N–H and O–H groups in total. The standard InChI is InChI=1S/C15H14N6O2/c1-21-19-15(18-20-21)11-5-7-12(8-6-11)23-10-14(22)17-13-4-2-3-9-16-13/h2-9H,10H2,1H3,(H,16,17,22). The molecule has 2 heterocycles. The Kier molecular flexibility index (Phi) is 4.23. The van der Waals surface area contributed by atoms with E-state index >= 15 is 0 Å². The highest BCUT2D eigenvalue weighted by Gasteiger charge is 2.06. The van der Waals surface area contributed by atoms with Gasteiger partial charge in [0.05, 0.1) is 7.05 Å².